The molecule has 0 fully saturated rings. The molecule has 0 saturated carbocycles. The molecule has 1 rings (SSSR count). The van der Waals surface area contributed by atoms with Crippen LogP contribution in [0.25, 0.3) is 0 Å². The van der Waals surface area contributed by atoms with E-state index in [1.165, 1.54) is 6.20 Å². The van der Waals surface area contributed by atoms with Crippen LogP contribution < -0.4 is 11.1 Å². The molecule has 0 aliphatic rings. The number of aliphatic hydroxyl groups is 1. The zero-order valence-electron chi connectivity index (χ0n) is 9.50. The second kappa shape index (κ2) is 5.32. The van der Waals surface area contributed by atoms with Crippen molar-refractivity contribution >= 4 is 23.1 Å². The van der Waals surface area contributed by atoms with E-state index in [1.54, 1.807) is 6.92 Å². The maximum Gasteiger partial charge on any atom is 0.224 e. The van der Waals surface area contributed by atoms with Crippen LogP contribution in [0.2, 0.25) is 5.28 Å². The highest BCUT2D eigenvalue weighted by atomic mass is 35.5. The fraction of sp³-hybridized carbons (Fsp3) is 0.600. The van der Waals surface area contributed by atoms with Gasteiger partial charge in [0.15, 0.2) is 5.82 Å². The first kappa shape index (κ1) is 13.0. The zero-order valence-corrected chi connectivity index (χ0v) is 10.3. The van der Waals surface area contributed by atoms with Crippen molar-refractivity contribution in [3.8, 4) is 0 Å². The maximum atomic E-state index is 9.96. The van der Waals surface area contributed by atoms with Gasteiger partial charge in [-0.1, -0.05) is 13.3 Å². The van der Waals surface area contributed by atoms with Gasteiger partial charge in [0, 0.05) is 6.54 Å². The molecule has 1 unspecified atom stereocenters. The topological polar surface area (TPSA) is 84.1 Å². The summed E-state index contributed by atoms with van der Waals surface area (Å²) in [7, 11) is 0. The Labute approximate surface area is 100 Å². The van der Waals surface area contributed by atoms with Gasteiger partial charge in [-0.3, -0.25) is 0 Å². The SMILES string of the molecule is CCCC(C)(O)CNc1nc(Cl)ncc1N. The first-order valence-electron chi connectivity index (χ1n) is 5.19. The number of nitrogens with two attached hydrogens (primary N) is 1. The molecule has 0 radical (unpaired) electrons. The maximum absolute atomic E-state index is 9.96. The summed E-state index contributed by atoms with van der Waals surface area (Å²) in [5, 5.41) is 13.1. The fourth-order valence-corrected chi connectivity index (χ4v) is 1.55. The third-order valence-electron chi connectivity index (χ3n) is 2.21. The summed E-state index contributed by atoms with van der Waals surface area (Å²) in [5.74, 6) is 0.455. The molecule has 0 aliphatic heterocycles. The van der Waals surface area contributed by atoms with Crippen LogP contribution in [0.15, 0.2) is 6.20 Å². The summed E-state index contributed by atoms with van der Waals surface area (Å²) in [6.45, 7) is 4.16. The minimum absolute atomic E-state index is 0.131. The van der Waals surface area contributed by atoms with Crippen LogP contribution >= 0.6 is 11.6 Å². The molecule has 16 heavy (non-hydrogen) atoms. The van der Waals surface area contributed by atoms with Gasteiger partial charge in [0.05, 0.1) is 17.5 Å². The molecular weight excluding hydrogens is 228 g/mol. The van der Waals surface area contributed by atoms with E-state index in [9.17, 15) is 5.11 Å². The van der Waals surface area contributed by atoms with E-state index < -0.39 is 5.60 Å². The van der Waals surface area contributed by atoms with Gasteiger partial charge in [-0.05, 0) is 24.9 Å². The summed E-state index contributed by atoms with van der Waals surface area (Å²) >= 11 is 5.65. The van der Waals surface area contributed by atoms with E-state index in [0.717, 1.165) is 6.42 Å². The molecule has 1 heterocycles. The molecule has 0 bridgehead atoms. The molecule has 1 atom stereocenters. The average molecular weight is 245 g/mol. The number of aromatic nitrogens is 2. The highest BCUT2D eigenvalue weighted by Crippen LogP contribution is 2.18. The molecule has 1 aromatic heterocycles. The van der Waals surface area contributed by atoms with E-state index in [2.05, 4.69) is 15.3 Å². The molecule has 0 saturated heterocycles. The first-order chi connectivity index (χ1) is 7.44. The van der Waals surface area contributed by atoms with Gasteiger partial charge in [-0.25, -0.2) is 4.98 Å². The van der Waals surface area contributed by atoms with E-state index in [-0.39, 0.29) is 5.28 Å². The smallest absolute Gasteiger partial charge is 0.224 e. The summed E-state index contributed by atoms with van der Waals surface area (Å²) in [6, 6.07) is 0. The Kier molecular flexibility index (Phi) is 4.32. The van der Waals surface area contributed by atoms with Crippen LogP contribution in [-0.2, 0) is 0 Å². The Balaban J connectivity index is 2.63. The van der Waals surface area contributed by atoms with E-state index in [0.29, 0.717) is 24.5 Å². The number of rotatable bonds is 5. The van der Waals surface area contributed by atoms with E-state index in [4.69, 9.17) is 17.3 Å². The molecule has 90 valence electrons. The molecule has 6 heteroatoms. The van der Waals surface area contributed by atoms with Gasteiger partial charge >= 0.3 is 0 Å². The lowest BCUT2D eigenvalue weighted by Gasteiger charge is -2.23. The normalized spacial score (nSPS) is 14.5. The third-order valence-corrected chi connectivity index (χ3v) is 2.40. The second-order valence-corrected chi connectivity index (χ2v) is 4.38. The first-order valence-corrected chi connectivity index (χ1v) is 5.56. The Morgan fingerprint density at radius 2 is 2.31 bits per heavy atom. The van der Waals surface area contributed by atoms with Crippen molar-refractivity contribution in [1.82, 2.24) is 9.97 Å². The van der Waals surface area contributed by atoms with Crippen LogP contribution in [0.1, 0.15) is 26.7 Å². The van der Waals surface area contributed by atoms with Gasteiger partial charge in [-0.15, -0.1) is 0 Å². The minimum atomic E-state index is -0.779. The lowest BCUT2D eigenvalue weighted by atomic mass is 10.0. The van der Waals surface area contributed by atoms with E-state index >= 15 is 0 Å². The van der Waals surface area contributed by atoms with Crippen LogP contribution in [0.5, 0.6) is 0 Å². The third kappa shape index (κ3) is 3.83. The number of anilines is 2. The standard InChI is InChI=1S/C10H17ClN4O/c1-3-4-10(2,16)6-14-8-7(12)5-13-9(11)15-8/h5,16H,3-4,6,12H2,1-2H3,(H,13,14,15). The number of halogens is 1. The van der Waals surface area contributed by atoms with Crippen LogP contribution in [0.4, 0.5) is 11.5 Å². The molecule has 0 aliphatic carbocycles. The Morgan fingerprint density at radius 1 is 1.62 bits per heavy atom. The summed E-state index contributed by atoms with van der Waals surface area (Å²) < 4.78 is 0. The summed E-state index contributed by atoms with van der Waals surface area (Å²) in [4.78, 5) is 7.69. The summed E-state index contributed by atoms with van der Waals surface area (Å²) in [6.07, 6.45) is 3.06. The highest BCUT2D eigenvalue weighted by Gasteiger charge is 2.19. The number of nitrogen functional groups attached to an aromatic ring is 1. The van der Waals surface area contributed by atoms with Crippen molar-refractivity contribution in [3.63, 3.8) is 0 Å². The van der Waals surface area contributed by atoms with Gasteiger partial charge in [-0.2, -0.15) is 4.98 Å². The van der Waals surface area contributed by atoms with Crippen LogP contribution in [-0.4, -0.2) is 27.2 Å². The van der Waals surface area contributed by atoms with Crippen LogP contribution in [0, 0.1) is 0 Å². The Bertz CT molecular complexity index is 357. The largest absolute Gasteiger partial charge is 0.394 e. The predicted molar refractivity (Wildman–Crippen MR) is 65.5 cm³/mol. The molecule has 4 N–H and O–H groups in total. The van der Waals surface area contributed by atoms with Gasteiger partial charge < -0.3 is 16.2 Å². The second-order valence-electron chi connectivity index (χ2n) is 4.04. The molecule has 0 aromatic carbocycles. The monoisotopic (exact) mass is 244 g/mol. The predicted octanol–water partition coefficient (Wildman–Crippen LogP) is 1.68. The number of nitrogens with one attached hydrogen (secondary N) is 1. The van der Waals surface area contributed by atoms with Crippen LogP contribution in [0.3, 0.4) is 0 Å². The number of hydrogen-bond acceptors (Lipinski definition) is 5. The van der Waals surface area contributed by atoms with Crippen molar-refractivity contribution in [2.75, 3.05) is 17.6 Å². The van der Waals surface area contributed by atoms with E-state index in [1.807, 2.05) is 6.92 Å². The molecule has 5 nitrogen and oxygen atoms in total. The zero-order chi connectivity index (χ0) is 12.2. The molecule has 0 spiro atoms. The number of nitrogens with zero attached hydrogens (tertiary/aromatic N) is 2. The van der Waals surface area contributed by atoms with Crippen molar-refractivity contribution in [1.29, 1.82) is 0 Å². The molecular formula is C10H17ClN4O. The molecule has 1 aromatic rings. The van der Waals surface area contributed by atoms with Crippen molar-refractivity contribution in [3.05, 3.63) is 11.5 Å². The number of hydrogen-bond donors (Lipinski definition) is 3. The fourth-order valence-electron chi connectivity index (χ4n) is 1.41. The summed E-state index contributed by atoms with van der Waals surface area (Å²) in [5.41, 5.74) is 5.30. The minimum Gasteiger partial charge on any atom is -0.394 e. The van der Waals surface area contributed by atoms with Gasteiger partial charge in [0.25, 0.3) is 0 Å². The van der Waals surface area contributed by atoms with Gasteiger partial charge in [0.1, 0.15) is 0 Å². The van der Waals surface area contributed by atoms with Gasteiger partial charge in [0.2, 0.25) is 5.28 Å². The Morgan fingerprint density at radius 3 is 2.94 bits per heavy atom. The average Bonchev–Trinajstić information content (AvgIpc) is 2.19. The lowest BCUT2D eigenvalue weighted by molar-refractivity contribution is 0.0636. The van der Waals surface area contributed by atoms with Crippen molar-refractivity contribution in [2.45, 2.75) is 32.3 Å². The highest BCUT2D eigenvalue weighted by molar-refractivity contribution is 6.28. The molecule has 0 amide bonds. The Hall–Kier alpha value is -1.07. The van der Waals surface area contributed by atoms with Crippen molar-refractivity contribution in [2.24, 2.45) is 0 Å². The lowest BCUT2D eigenvalue weighted by Crippen LogP contribution is -2.33. The van der Waals surface area contributed by atoms with Crippen molar-refractivity contribution < 1.29 is 5.11 Å². The quantitative estimate of drug-likeness (QED) is 0.687.